The van der Waals surface area contributed by atoms with Crippen molar-refractivity contribution in [1.29, 1.82) is 0 Å². The maximum atomic E-state index is 12.4. The molecule has 0 saturated heterocycles. The summed E-state index contributed by atoms with van der Waals surface area (Å²) in [6.45, 7) is 3.69. The van der Waals surface area contributed by atoms with E-state index in [1.807, 2.05) is 25.1 Å². The number of fused-ring (bicyclic) bond motifs is 1. The standard InChI is InChI=1S/C16H14N2O4/c1-9-3-4-13-11(7-9)12(8-10(2)17-13)16(21)22-18-14(19)5-6-15(18)20/h3-8,19-20H,1-2H3. The molecule has 3 aromatic rings. The molecule has 0 spiro atoms. The summed E-state index contributed by atoms with van der Waals surface area (Å²) in [7, 11) is 0. The lowest BCUT2D eigenvalue weighted by atomic mass is 10.1. The second-order valence-electron chi connectivity index (χ2n) is 5.05. The maximum Gasteiger partial charge on any atom is 0.364 e. The molecule has 2 aromatic heterocycles. The molecule has 0 aliphatic heterocycles. The Labute approximate surface area is 126 Å². The number of rotatable bonds is 2. The molecule has 3 rings (SSSR count). The van der Waals surface area contributed by atoms with Gasteiger partial charge < -0.3 is 15.1 Å². The molecular formula is C16H14N2O4. The van der Waals surface area contributed by atoms with Crippen molar-refractivity contribution in [2.45, 2.75) is 13.8 Å². The first-order valence-corrected chi connectivity index (χ1v) is 6.66. The Morgan fingerprint density at radius 2 is 1.77 bits per heavy atom. The van der Waals surface area contributed by atoms with Crippen LogP contribution in [0.1, 0.15) is 21.6 Å². The van der Waals surface area contributed by atoms with Gasteiger partial charge in [0.2, 0.25) is 11.8 Å². The Morgan fingerprint density at radius 3 is 2.45 bits per heavy atom. The minimum atomic E-state index is -0.692. The Morgan fingerprint density at radius 1 is 1.09 bits per heavy atom. The van der Waals surface area contributed by atoms with Crippen LogP contribution in [0.5, 0.6) is 11.8 Å². The lowest BCUT2D eigenvalue weighted by Crippen LogP contribution is -2.19. The summed E-state index contributed by atoms with van der Waals surface area (Å²) >= 11 is 0. The van der Waals surface area contributed by atoms with Crippen molar-refractivity contribution < 1.29 is 19.8 Å². The normalized spacial score (nSPS) is 10.8. The van der Waals surface area contributed by atoms with Crippen molar-refractivity contribution in [3.05, 3.63) is 53.2 Å². The lowest BCUT2D eigenvalue weighted by Gasteiger charge is -2.10. The molecule has 0 amide bonds. The van der Waals surface area contributed by atoms with E-state index in [9.17, 15) is 15.0 Å². The molecule has 6 heteroatoms. The molecule has 0 aliphatic rings. The third-order valence-electron chi connectivity index (χ3n) is 3.28. The summed E-state index contributed by atoms with van der Waals surface area (Å²) in [6, 6.07) is 9.65. The number of nitrogens with zero attached hydrogens (tertiary/aromatic N) is 2. The van der Waals surface area contributed by atoms with E-state index < -0.39 is 5.97 Å². The van der Waals surface area contributed by atoms with E-state index in [-0.39, 0.29) is 11.8 Å². The van der Waals surface area contributed by atoms with Crippen molar-refractivity contribution >= 4 is 16.9 Å². The number of pyridine rings is 1. The number of aryl methyl sites for hydroxylation is 2. The van der Waals surface area contributed by atoms with Crippen LogP contribution in [0.3, 0.4) is 0 Å². The minimum absolute atomic E-state index is 0.318. The fraction of sp³-hybridized carbons (Fsp3) is 0.125. The van der Waals surface area contributed by atoms with Gasteiger partial charge in [-0.05, 0) is 32.0 Å². The van der Waals surface area contributed by atoms with Crippen LogP contribution in [-0.2, 0) is 0 Å². The van der Waals surface area contributed by atoms with Crippen LogP contribution < -0.4 is 4.84 Å². The molecule has 2 heterocycles. The summed E-state index contributed by atoms with van der Waals surface area (Å²) in [5.41, 5.74) is 2.65. The number of carbonyl (C=O) groups is 1. The molecule has 0 radical (unpaired) electrons. The van der Waals surface area contributed by atoms with Gasteiger partial charge >= 0.3 is 5.97 Å². The van der Waals surface area contributed by atoms with Crippen LogP contribution in [0.2, 0.25) is 0 Å². The maximum absolute atomic E-state index is 12.4. The average molecular weight is 298 g/mol. The van der Waals surface area contributed by atoms with Crippen LogP contribution in [0, 0.1) is 13.8 Å². The van der Waals surface area contributed by atoms with Crippen molar-refractivity contribution in [2.75, 3.05) is 0 Å². The molecular weight excluding hydrogens is 284 g/mol. The fourth-order valence-corrected chi connectivity index (χ4v) is 2.27. The van der Waals surface area contributed by atoms with Crippen LogP contribution in [0.25, 0.3) is 10.9 Å². The third kappa shape index (κ3) is 2.35. The van der Waals surface area contributed by atoms with Crippen molar-refractivity contribution in [2.24, 2.45) is 0 Å². The SMILES string of the molecule is Cc1ccc2nc(C)cc(C(=O)On3c(O)ccc3O)c2c1. The molecule has 2 N–H and O–H groups in total. The summed E-state index contributed by atoms with van der Waals surface area (Å²) in [6.07, 6.45) is 0. The fourth-order valence-electron chi connectivity index (χ4n) is 2.27. The van der Waals surface area contributed by atoms with Gasteiger partial charge in [0, 0.05) is 23.2 Å². The van der Waals surface area contributed by atoms with Gasteiger partial charge in [-0.2, -0.15) is 0 Å². The van der Waals surface area contributed by atoms with Crippen molar-refractivity contribution in [1.82, 2.24) is 9.71 Å². The van der Waals surface area contributed by atoms with Gasteiger partial charge in [-0.3, -0.25) is 4.98 Å². The highest BCUT2D eigenvalue weighted by molar-refractivity contribution is 6.03. The van der Waals surface area contributed by atoms with Gasteiger partial charge in [-0.1, -0.05) is 11.6 Å². The molecule has 0 bridgehead atoms. The zero-order valence-electron chi connectivity index (χ0n) is 12.1. The predicted molar refractivity (Wildman–Crippen MR) is 79.9 cm³/mol. The highest BCUT2D eigenvalue weighted by atomic mass is 16.7. The molecule has 0 aliphatic carbocycles. The Hall–Kier alpha value is -3.02. The topological polar surface area (TPSA) is 84.6 Å². The quantitative estimate of drug-likeness (QED) is 0.758. The smallest absolute Gasteiger partial charge is 0.364 e. The largest absolute Gasteiger partial charge is 0.492 e. The molecule has 1 aromatic carbocycles. The van der Waals surface area contributed by atoms with E-state index in [4.69, 9.17) is 4.84 Å². The molecule has 0 unspecified atom stereocenters. The highest BCUT2D eigenvalue weighted by Crippen LogP contribution is 2.23. The highest BCUT2D eigenvalue weighted by Gasteiger charge is 2.17. The zero-order chi connectivity index (χ0) is 15.9. The molecule has 22 heavy (non-hydrogen) atoms. The number of hydrogen-bond acceptors (Lipinski definition) is 5. The van der Waals surface area contributed by atoms with Gasteiger partial charge in [0.25, 0.3) is 0 Å². The van der Waals surface area contributed by atoms with Gasteiger partial charge in [-0.15, -0.1) is 4.73 Å². The summed E-state index contributed by atoms with van der Waals surface area (Å²) in [4.78, 5) is 21.8. The second-order valence-corrected chi connectivity index (χ2v) is 5.05. The second kappa shape index (κ2) is 5.07. The number of aromatic nitrogens is 2. The lowest BCUT2D eigenvalue weighted by molar-refractivity contribution is 0.0384. The van der Waals surface area contributed by atoms with E-state index in [0.717, 1.165) is 5.56 Å². The van der Waals surface area contributed by atoms with Gasteiger partial charge in [0.1, 0.15) is 0 Å². The summed E-state index contributed by atoms with van der Waals surface area (Å²) in [5, 5.41) is 19.8. The Bertz CT molecular complexity index is 864. The molecule has 6 nitrogen and oxygen atoms in total. The third-order valence-corrected chi connectivity index (χ3v) is 3.28. The van der Waals surface area contributed by atoms with Crippen LogP contribution in [0.15, 0.2) is 36.4 Å². The summed E-state index contributed by atoms with van der Waals surface area (Å²) in [5.74, 6) is -1.42. The van der Waals surface area contributed by atoms with Crippen LogP contribution in [0.4, 0.5) is 0 Å². The summed E-state index contributed by atoms with van der Waals surface area (Å²) < 4.78 is 0.666. The number of aromatic hydroxyl groups is 2. The van der Waals surface area contributed by atoms with Crippen LogP contribution >= 0.6 is 0 Å². The van der Waals surface area contributed by atoms with Crippen LogP contribution in [-0.4, -0.2) is 25.9 Å². The van der Waals surface area contributed by atoms with E-state index in [0.29, 0.717) is 26.9 Å². The molecule has 0 saturated carbocycles. The Balaban J connectivity index is 2.09. The van der Waals surface area contributed by atoms with Crippen molar-refractivity contribution in [3.8, 4) is 11.8 Å². The minimum Gasteiger partial charge on any atom is -0.492 e. The average Bonchev–Trinajstić information content (AvgIpc) is 2.78. The monoisotopic (exact) mass is 298 g/mol. The van der Waals surface area contributed by atoms with E-state index in [1.165, 1.54) is 12.1 Å². The zero-order valence-corrected chi connectivity index (χ0v) is 12.1. The van der Waals surface area contributed by atoms with E-state index >= 15 is 0 Å². The first kappa shape index (κ1) is 13.9. The first-order valence-electron chi connectivity index (χ1n) is 6.66. The number of benzene rings is 1. The Kier molecular flexibility index (Phi) is 3.21. The molecule has 112 valence electrons. The number of hydrogen-bond donors (Lipinski definition) is 2. The predicted octanol–water partition coefficient (Wildman–Crippen LogP) is 2.33. The molecule has 0 fully saturated rings. The van der Waals surface area contributed by atoms with Gasteiger partial charge in [-0.25, -0.2) is 4.79 Å². The van der Waals surface area contributed by atoms with E-state index in [1.54, 1.807) is 13.0 Å². The first-order chi connectivity index (χ1) is 10.5. The van der Waals surface area contributed by atoms with E-state index in [2.05, 4.69) is 4.98 Å². The molecule has 0 atom stereocenters. The van der Waals surface area contributed by atoms with Gasteiger partial charge in [0.05, 0.1) is 11.1 Å². The van der Waals surface area contributed by atoms with Crippen molar-refractivity contribution in [3.63, 3.8) is 0 Å². The number of carbonyl (C=O) groups excluding carboxylic acids is 1. The van der Waals surface area contributed by atoms with Gasteiger partial charge in [0.15, 0.2) is 0 Å².